The Labute approximate surface area is 104 Å². The number of benzene rings is 1. The fourth-order valence-corrected chi connectivity index (χ4v) is 2.46. The van der Waals surface area contributed by atoms with E-state index in [-0.39, 0.29) is 0 Å². The largest absolute Gasteiger partial charge is 0.397 e. The lowest BCUT2D eigenvalue weighted by Gasteiger charge is -2.23. The molecule has 0 aromatic heterocycles. The minimum absolute atomic E-state index is 0.442. The average Bonchev–Trinajstić information content (AvgIpc) is 2.76. The van der Waals surface area contributed by atoms with Crippen LogP contribution in [0.25, 0.3) is 0 Å². The molecular weight excluding hydrogens is 210 g/mol. The standard InChI is InChI=1S/C14H23N3/c1-11-5-6-13(15)14(9-11)16-12(2)10-17-7-3-4-8-17/h5-6,9,12,16H,3-4,7-8,10,15H2,1-2H3. The van der Waals surface area contributed by atoms with Crippen molar-refractivity contribution in [1.29, 1.82) is 0 Å². The number of hydrogen-bond acceptors (Lipinski definition) is 3. The van der Waals surface area contributed by atoms with Gasteiger partial charge in [-0.2, -0.15) is 0 Å². The number of nitrogen functional groups attached to an aromatic ring is 1. The summed E-state index contributed by atoms with van der Waals surface area (Å²) in [5, 5.41) is 3.51. The first-order chi connectivity index (χ1) is 8.15. The van der Waals surface area contributed by atoms with Crippen molar-refractivity contribution in [3.8, 4) is 0 Å². The molecule has 1 aromatic rings. The van der Waals surface area contributed by atoms with Gasteiger partial charge in [0.05, 0.1) is 11.4 Å². The average molecular weight is 233 g/mol. The highest BCUT2D eigenvalue weighted by atomic mass is 15.2. The number of nitrogens with one attached hydrogen (secondary N) is 1. The van der Waals surface area contributed by atoms with Crippen molar-refractivity contribution in [3.63, 3.8) is 0 Å². The van der Waals surface area contributed by atoms with E-state index in [4.69, 9.17) is 5.73 Å². The van der Waals surface area contributed by atoms with Crippen molar-refractivity contribution < 1.29 is 0 Å². The van der Waals surface area contributed by atoms with E-state index in [1.807, 2.05) is 12.1 Å². The molecule has 0 radical (unpaired) electrons. The predicted molar refractivity (Wildman–Crippen MR) is 74.4 cm³/mol. The molecule has 1 heterocycles. The Bertz CT molecular complexity index is 370. The summed E-state index contributed by atoms with van der Waals surface area (Å²) in [6.07, 6.45) is 2.69. The molecule has 3 nitrogen and oxygen atoms in total. The number of likely N-dealkylation sites (tertiary alicyclic amines) is 1. The van der Waals surface area contributed by atoms with Crippen LogP contribution in [0, 0.1) is 6.92 Å². The quantitative estimate of drug-likeness (QED) is 0.785. The van der Waals surface area contributed by atoms with Crippen LogP contribution in [0.3, 0.4) is 0 Å². The van der Waals surface area contributed by atoms with Crippen LogP contribution in [-0.4, -0.2) is 30.6 Å². The summed E-state index contributed by atoms with van der Waals surface area (Å²) in [7, 11) is 0. The third-order valence-electron chi connectivity index (χ3n) is 3.34. The minimum atomic E-state index is 0.442. The van der Waals surface area contributed by atoms with E-state index in [0.29, 0.717) is 6.04 Å². The summed E-state index contributed by atoms with van der Waals surface area (Å²) in [6, 6.07) is 6.58. The zero-order chi connectivity index (χ0) is 12.3. The molecule has 0 amide bonds. The van der Waals surface area contributed by atoms with E-state index < -0.39 is 0 Å². The molecule has 0 aliphatic carbocycles. The van der Waals surface area contributed by atoms with Crippen LogP contribution in [0.5, 0.6) is 0 Å². The minimum Gasteiger partial charge on any atom is -0.397 e. The van der Waals surface area contributed by atoms with Gasteiger partial charge in [-0.3, -0.25) is 0 Å². The highest BCUT2D eigenvalue weighted by Gasteiger charge is 2.14. The van der Waals surface area contributed by atoms with Gasteiger partial charge in [0.2, 0.25) is 0 Å². The molecule has 94 valence electrons. The van der Waals surface area contributed by atoms with E-state index in [2.05, 4.69) is 30.1 Å². The fraction of sp³-hybridized carbons (Fsp3) is 0.571. The number of nitrogens with two attached hydrogens (primary N) is 1. The summed E-state index contributed by atoms with van der Waals surface area (Å²) in [4.78, 5) is 2.52. The maximum absolute atomic E-state index is 5.97. The molecule has 1 atom stereocenters. The summed E-state index contributed by atoms with van der Waals surface area (Å²) in [5.41, 5.74) is 9.12. The molecule has 2 rings (SSSR count). The maximum Gasteiger partial charge on any atom is 0.0579 e. The second-order valence-electron chi connectivity index (χ2n) is 5.14. The Balaban J connectivity index is 1.92. The van der Waals surface area contributed by atoms with E-state index in [1.54, 1.807) is 0 Å². The third kappa shape index (κ3) is 3.37. The highest BCUT2D eigenvalue weighted by molar-refractivity contribution is 5.67. The molecule has 1 unspecified atom stereocenters. The van der Waals surface area contributed by atoms with Crippen LogP contribution in [-0.2, 0) is 0 Å². The van der Waals surface area contributed by atoms with Gasteiger partial charge in [-0.05, 0) is 57.5 Å². The molecule has 17 heavy (non-hydrogen) atoms. The Morgan fingerprint density at radius 1 is 1.35 bits per heavy atom. The molecule has 0 bridgehead atoms. The molecule has 0 spiro atoms. The van der Waals surface area contributed by atoms with Crippen molar-refractivity contribution in [3.05, 3.63) is 23.8 Å². The van der Waals surface area contributed by atoms with Gasteiger partial charge in [-0.25, -0.2) is 0 Å². The number of anilines is 2. The Morgan fingerprint density at radius 2 is 2.06 bits per heavy atom. The molecule has 1 aliphatic rings. The molecule has 3 heteroatoms. The van der Waals surface area contributed by atoms with Crippen molar-refractivity contribution in [1.82, 2.24) is 4.90 Å². The number of rotatable bonds is 4. The van der Waals surface area contributed by atoms with Crippen LogP contribution in [0.1, 0.15) is 25.3 Å². The summed E-state index contributed by atoms with van der Waals surface area (Å²) >= 11 is 0. The lowest BCUT2D eigenvalue weighted by Crippen LogP contribution is -2.33. The maximum atomic E-state index is 5.97. The zero-order valence-corrected chi connectivity index (χ0v) is 10.9. The van der Waals surface area contributed by atoms with Gasteiger partial charge < -0.3 is 16.0 Å². The summed E-state index contributed by atoms with van der Waals surface area (Å²) in [6.45, 7) is 7.91. The van der Waals surface area contributed by atoms with Crippen LogP contribution >= 0.6 is 0 Å². The summed E-state index contributed by atoms with van der Waals surface area (Å²) in [5.74, 6) is 0. The third-order valence-corrected chi connectivity index (χ3v) is 3.34. The Morgan fingerprint density at radius 3 is 2.76 bits per heavy atom. The van der Waals surface area contributed by atoms with Crippen LogP contribution in [0.4, 0.5) is 11.4 Å². The SMILES string of the molecule is Cc1ccc(N)c(NC(C)CN2CCCC2)c1. The van der Waals surface area contributed by atoms with Crippen LogP contribution < -0.4 is 11.1 Å². The van der Waals surface area contributed by atoms with Crippen molar-refractivity contribution >= 4 is 11.4 Å². The molecule has 1 fully saturated rings. The van der Waals surface area contributed by atoms with Gasteiger partial charge in [0, 0.05) is 12.6 Å². The van der Waals surface area contributed by atoms with Crippen LogP contribution in [0.2, 0.25) is 0 Å². The smallest absolute Gasteiger partial charge is 0.0579 e. The lowest BCUT2D eigenvalue weighted by molar-refractivity contribution is 0.328. The summed E-state index contributed by atoms with van der Waals surface area (Å²) < 4.78 is 0. The highest BCUT2D eigenvalue weighted by Crippen LogP contribution is 2.21. The van der Waals surface area contributed by atoms with E-state index >= 15 is 0 Å². The fourth-order valence-electron chi connectivity index (χ4n) is 2.46. The molecule has 1 saturated heterocycles. The van der Waals surface area contributed by atoms with Crippen molar-refractivity contribution in [2.45, 2.75) is 32.7 Å². The van der Waals surface area contributed by atoms with Crippen LogP contribution in [0.15, 0.2) is 18.2 Å². The lowest BCUT2D eigenvalue weighted by atomic mass is 10.1. The van der Waals surface area contributed by atoms with Gasteiger partial charge in [-0.15, -0.1) is 0 Å². The molecular formula is C14H23N3. The molecule has 1 aliphatic heterocycles. The molecule has 1 aromatic carbocycles. The first kappa shape index (κ1) is 12.2. The predicted octanol–water partition coefficient (Wildman–Crippen LogP) is 2.47. The van der Waals surface area contributed by atoms with E-state index in [0.717, 1.165) is 17.9 Å². The normalized spacial score (nSPS) is 18.2. The topological polar surface area (TPSA) is 41.3 Å². The zero-order valence-electron chi connectivity index (χ0n) is 10.9. The molecule has 3 N–H and O–H groups in total. The van der Waals surface area contributed by atoms with Gasteiger partial charge >= 0.3 is 0 Å². The molecule has 0 saturated carbocycles. The van der Waals surface area contributed by atoms with Gasteiger partial charge in [0.1, 0.15) is 0 Å². The second kappa shape index (κ2) is 5.41. The Kier molecular flexibility index (Phi) is 3.89. The van der Waals surface area contributed by atoms with E-state index in [1.165, 1.54) is 31.5 Å². The first-order valence-corrected chi connectivity index (χ1v) is 6.50. The van der Waals surface area contributed by atoms with Gasteiger partial charge in [0.25, 0.3) is 0 Å². The monoisotopic (exact) mass is 233 g/mol. The number of hydrogen-bond donors (Lipinski definition) is 2. The van der Waals surface area contributed by atoms with Gasteiger partial charge in [0.15, 0.2) is 0 Å². The van der Waals surface area contributed by atoms with E-state index in [9.17, 15) is 0 Å². The van der Waals surface area contributed by atoms with Crippen molar-refractivity contribution in [2.75, 3.05) is 30.7 Å². The second-order valence-corrected chi connectivity index (χ2v) is 5.14. The first-order valence-electron chi connectivity index (χ1n) is 6.50. The Hall–Kier alpha value is -1.22. The number of aryl methyl sites for hydroxylation is 1. The van der Waals surface area contributed by atoms with Gasteiger partial charge in [-0.1, -0.05) is 6.07 Å². The van der Waals surface area contributed by atoms with Crippen molar-refractivity contribution in [2.24, 2.45) is 0 Å². The number of nitrogens with zero attached hydrogens (tertiary/aromatic N) is 1.